The smallest absolute Gasteiger partial charge is 0.325 e. The fourth-order valence-electron chi connectivity index (χ4n) is 2.96. The average Bonchev–Trinajstić information content (AvgIpc) is 3.18. The third-order valence-electron chi connectivity index (χ3n) is 4.16. The SMILES string of the molecule is O=C(O)Cn1nc(C2CCOCC2)nc1-c1nc2ccccc2[nH]1. The van der Waals surface area contributed by atoms with E-state index in [0.717, 1.165) is 23.9 Å². The fraction of sp³-hybridized carbons (Fsp3) is 0.375. The van der Waals surface area contributed by atoms with Gasteiger partial charge < -0.3 is 14.8 Å². The summed E-state index contributed by atoms with van der Waals surface area (Å²) in [4.78, 5) is 23.5. The zero-order chi connectivity index (χ0) is 16.5. The number of aliphatic carboxylic acids is 1. The van der Waals surface area contributed by atoms with Crippen molar-refractivity contribution in [2.75, 3.05) is 13.2 Å². The number of aromatic nitrogens is 5. The molecule has 0 unspecified atom stereocenters. The predicted molar refractivity (Wildman–Crippen MR) is 85.5 cm³/mol. The van der Waals surface area contributed by atoms with Gasteiger partial charge in [0.05, 0.1) is 11.0 Å². The zero-order valence-corrected chi connectivity index (χ0v) is 13.0. The Kier molecular flexibility index (Phi) is 3.73. The summed E-state index contributed by atoms with van der Waals surface area (Å²) in [5.41, 5.74) is 1.69. The highest BCUT2D eigenvalue weighted by Crippen LogP contribution is 2.27. The number of imidazole rings is 1. The van der Waals surface area contributed by atoms with Crippen molar-refractivity contribution in [3.63, 3.8) is 0 Å². The van der Waals surface area contributed by atoms with Gasteiger partial charge in [-0.25, -0.2) is 14.6 Å². The zero-order valence-electron chi connectivity index (χ0n) is 13.0. The maximum Gasteiger partial charge on any atom is 0.325 e. The lowest BCUT2D eigenvalue weighted by Gasteiger charge is -2.18. The molecule has 124 valence electrons. The molecule has 4 rings (SSSR count). The van der Waals surface area contributed by atoms with Gasteiger partial charge in [-0.15, -0.1) is 0 Å². The number of rotatable bonds is 4. The van der Waals surface area contributed by atoms with Gasteiger partial charge in [0.2, 0.25) is 0 Å². The van der Waals surface area contributed by atoms with Crippen molar-refractivity contribution < 1.29 is 14.6 Å². The van der Waals surface area contributed by atoms with Crippen LogP contribution in [0.2, 0.25) is 0 Å². The molecule has 1 aliphatic heterocycles. The predicted octanol–water partition coefficient (Wildman–Crippen LogP) is 1.80. The average molecular weight is 327 g/mol. The first-order chi connectivity index (χ1) is 11.7. The fourth-order valence-corrected chi connectivity index (χ4v) is 2.96. The van der Waals surface area contributed by atoms with Crippen LogP contribution in [-0.2, 0) is 16.1 Å². The second-order valence-electron chi connectivity index (χ2n) is 5.83. The molecule has 1 saturated heterocycles. The van der Waals surface area contributed by atoms with Crippen LogP contribution in [0.25, 0.3) is 22.7 Å². The van der Waals surface area contributed by atoms with E-state index in [1.807, 2.05) is 24.3 Å². The lowest BCUT2D eigenvalue weighted by Crippen LogP contribution is -2.16. The minimum Gasteiger partial charge on any atom is -0.480 e. The molecule has 0 aliphatic carbocycles. The number of carbonyl (C=O) groups is 1. The molecule has 0 amide bonds. The summed E-state index contributed by atoms with van der Waals surface area (Å²) < 4.78 is 6.78. The summed E-state index contributed by atoms with van der Waals surface area (Å²) in [6, 6.07) is 7.64. The Balaban J connectivity index is 1.76. The number of carboxylic acid groups (broad SMARTS) is 1. The van der Waals surface area contributed by atoms with Gasteiger partial charge >= 0.3 is 5.97 Å². The van der Waals surface area contributed by atoms with Gasteiger partial charge in [-0.05, 0) is 25.0 Å². The molecule has 1 fully saturated rings. The van der Waals surface area contributed by atoms with Crippen molar-refractivity contribution in [3.8, 4) is 11.6 Å². The first-order valence-electron chi connectivity index (χ1n) is 7.90. The number of carboxylic acids is 1. The van der Waals surface area contributed by atoms with Crippen LogP contribution in [-0.4, -0.2) is 49.0 Å². The number of hydrogen-bond donors (Lipinski definition) is 2. The van der Waals surface area contributed by atoms with Crippen molar-refractivity contribution in [3.05, 3.63) is 30.1 Å². The van der Waals surface area contributed by atoms with Crippen molar-refractivity contribution in [2.24, 2.45) is 0 Å². The van der Waals surface area contributed by atoms with Crippen LogP contribution in [0.3, 0.4) is 0 Å². The lowest BCUT2D eigenvalue weighted by molar-refractivity contribution is -0.137. The summed E-state index contributed by atoms with van der Waals surface area (Å²) in [6.45, 7) is 1.11. The monoisotopic (exact) mass is 327 g/mol. The Morgan fingerprint density at radius 2 is 2.08 bits per heavy atom. The lowest BCUT2D eigenvalue weighted by atomic mass is 10.00. The second kappa shape index (κ2) is 6.04. The van der Waals surface area contributed by atoms with Gasteiger partial charge in [0.15, 0.2) is 17.5 Å². The molecule has 3 heterocycles. The number of hydrogen-bond acceptors (Lipinski definition) is 5. The summed E-state index contributed by atoms with van der Waals surface area (Å²) in [5, 5.41) is 13.6. The molecule has 0 radical (unpaired) electrons. The molecule has 2 aromatic heterocycles. The Morgan fingerprint density at radius 1 is 1.29 bits per heavy atom. The minimum absolute atomic E-state index is 0.192. The van der Waals surface area contributed by atoms with Gasteiger partial charge in [-0.1, -0.05) is 12.1 Å². The van der Waals surface area contributed by atoms with Crippen molar-refractivity contribution in [1.82, 2.24) is 24.7 Å². The Hall–Kier alpha value is -2.74. The minimum atomic E-state index is -0.962. The highest BCUT2D eigenvalue weighted by molar-refractivity contribution is 5.78. The molecule has 24 heavy (non-hydrogen) atoms. The van der Waals surface area contributed by atoms with E-state index in [0.29, 0.717) is 30.7 Å². The normalized spacial score (nSPS) is 15.8. The van der Waals surface area contributed by atoms with Crippen LogP contribution in [0.1, 0.15) is 24.6 Å². The van der Waals surface area contributed by atoms with Crippen LogP contribution in [0.15, 0.2) is 24.3 Å². The quantitative estimate of drug-likeness (QED) is 0.757. The molecule has 0 atom stereocenters. The van der Waals surface area contributed by atoms with E-state index in [1.165, 1.54) is 4.68 Å². The molecule has 0 bridgehead atoms. The summed E-state index contributed by atoms with van der Waals surface area (Å²) in [7, 11) is 0. The molecule has 8 heteroatoms. The van der Waals surface area contributed by atoms with Crippen LogP contribution in [0.5, 0.6) is 0 Å². The molecule has 0 spiro atoms. The van der Waals surface area contributed by atoms with Crippen molar-refractivity contribution in [2.45, 2.75) is 25.3 Å². The van der Waals surface area contributed by atoms with Gasteiger partial charge in [0.25, 0.3) is 0 Å². The Labute approximate surface area is 137 Å². The van der Waals surface area contributed by atoms with E-state index in [4.69, 9.17) is 9.84 Å². The molecule has 3 aromatic rings. The van der Waals surface area contributed by atoms with Gasteiger partial charge in [0.1, 0.15) is 6.54 Å². The van der Waals surface area contributed by atoms with Crippen LogP contribution in [0.4, 0.5) is 0 Å². The van der Waals surface area contributed by atoms with E-state index in [1.54, 1.807) is 0 Å². The maximum absolute atomic E-state index is 11.2. The second-order valence-corrected chi connectivity index (χ2v) is 5.83. The first kappa shape index (κ1) is 14.8. The number of aromatic amines is 1. The molecule has 1 aliphatic rings. The molecular weight excluding hydrogens is 310 g/mol. The van der Waals surface area contributed by atoms with Crippen LogP contribution < -0.4 is 0 Å². The van der Waals surface area contributed by atoms with E-state index >= 15 is 0 Å². The van der Waals surface area contributed by atoms with E-state index < -0.39 is 5.97 Å². The molecular formula is C16H17N5O3. The number of ether oxygens (including phenoxy) is 1. The topological polar surface area (TPSA) is 106 Å². The molecule has 0 saturated carbocycles. The number of H-pyrrole nitrogens is 1. The first-order valence-corrected chi connectivity index (χ1v) is 7.90. The van der Waals surface area contributed by atoms with Gasteiger partial charge in [-0.2, -0.15) is 5.10 Å². The standard InChI is InChI=1S/C16H17N5O3/c22-13(23)9-21-16(15-17-11-3-1-2-4-12(11)18-15)19-14(20-21)10-5-7-24-8-6-10/h1-4,10H,5-9H2,(H,17,18)(H,22,23). The Morgan fingerprint density at radius 3 is 2.83 bits per heavy atom. The number of para-hydroxylation sites is 2. The number of benzene rings is 1. The number of nitrogens with zero attached hydrogens (tertiary/aromatic N) is 4. The number of nitrogens with one attached hydrogen (secondary N) is 1. The Bertz CT molecular complexity index is 846. The summed E-state index contributed by atoms with van der Waals surface area (Å²) in [5.74, 6) is 0.876. The molecule has 8 nitrogen and oxygen atoms in total. The van der Waals surface area contributed by atoms with Crippen LogP contribution >= 0.6 is 0 Å². The molecule has 2 N–H and O–H groups in total. The van der Waals surface area contributed by atoms with Crippen molar-refractivity contribution >= 4 is 17.0 Å². The summed E-state index contributed by atoms with van der Waals surface area (Å²) >= 11 is 0. The highest BCUT2D eigenvalue weighted by Gasteiger charge is 2.24. The maximum atomic E-state index is 11.2. The van der Waals surface area contributed by atoms with Gasteiger partial charge in [-0.3, -0.25) is 4.79 Å². The molecule has 1 aromatic carbocycles. The van der Waals surface area contributed by atoms with Crippen molar-refractivity contribution in [1.29, 1.82) is 0 Å². The third-order valence-corrected chi connectivity index (χ3v) is 4.16. The van der Waals surface area contributed by atoms with Gasteiger partial charge in [0, 0.05) is 19.1 Å². The van der Waals surface area contributed by atoms with E-state index in [-0.39, 0.29) is 12.5 Å². The third kappa shape index (κ3) is 2.76. The summed E-state index contributed by atoms with van der Waals surface area (Å²) in [6.07, 6.45) is 1.69. The number of fused-ring (bicyclic) bond motifs is 1. The van der Waals surface area contributed by atoms with E-state index in [9.17, 15) is 4.79 Å². The highest BCUT2D eigenvalue weighted by atomic mass is 16.5. The van der Waals surface area contributed by atoms with Crippen LogP contribution in [0, 0.1) is 0 Å². The van der Waals surface area contributed by atoms with E-state index in [2.05, 4.69) is 20.1 Å². The largest absolute Gasteiger partial charge is 0.480 e.